The van der Waals surface area contributed by atoms with Gasteiger partial charge in [0.15, 0.2) is 5.76 Å². The molecule has 0 fully saturated rings. The molecule has 0 aliphatic carbocycles. The molecule has 1 aromatic carbocycles. The predicted molar refractivity (Wildman–Crippen MR) is 120 cm³/mol. The lowest BCUT2D eigenvalue weighted by Crippen LogP contribution is -2.37. The Hall–Kier alpha value is -3.39. The van der Waals surface area contributed by atoms with Gasteiger partial charge < -0.3 is 14.3 Å². The van der Waals surface area contributed by atoms with Gasteiger partial charge in [-0.15, -0.1) is 0 Å². The summed E-state index contributed by atoms with van der Waals surface area (Å²) in [6.07, 6.45) is 2.97. The molecule has 3 heterocycles. The SMILES string of the molecule is CC(C)CCNC(=O)c1ccc(CN2CCn3cccc3C2c2ccc([N+](=O)[O-])cc2)o1. The van der Waals surface area contributed by atoms with E-state index in [2.05, 4.69) is 40.9 Å². The molecule has 1 unspecified atom stereocenters. The molecule has 8 heteroatoms. The average molecular weight is 437 g/mol. The highest BCUT2D eigenvalue weighted by Crippen LogP contribution is 2.34. The lowest BCUT2D eigenvalue weighted by Gasteiger charge is -2.36. The van der Waals surface area contributed by atoms with Crippen LogP contribution in [-0.2, 0) is 13.1 Å². The summed E-state index contributed by atoms with van der Waals surface area (Å²) in [7, 11) is 0. The second-order valence-corrected chi connectivity index (χ2v) is 8.55. The van der Waals surface area contributed by atoms with E-state index < -0.39 is 0 Å². The number of nitro groups is 1. The van der Waals surface area contributed by atoms with E-state index in [1.165, 1.54) is 0 Å². The van der Waals surface area contributed by atoms with Gasteiger partial charge in [0.05, 0.1) is 17.5 Å². The molecule has 1 N–H and O–H groups in total. The van der Waals surface area contributed by atoms with E-state index in [1.807, 2.05) is 24.3 Å². The van der Waals surface area contributed by atoms with E-state index in [0.717, 1.165) is 30.8 Å². The van der Waals surface area contributed by atoms with Crippen LogP contribution in [0.15, 0.2) is 59.1 Å². The van der Waals surface area contributed by atoms with Gasteiger partial charge in [-0.2, -0.15) is 0 Å². The first-order chi connectivity index (χ1) is 15.4. The van der Waals surface area contributed by atoms with Crippen LogP contribution in [0.3, 0.4) is 0 Å². The fourth-order valence-corrected chi connectivity index (χ4v) is 4.11. The second kappa shape index (κ2) is 9.40. The molecule has 0 spiro atoms. The number of nitro benzene ring substituents is 1. The highest BCUT2D eigenvalue weighted by molar-refractivity contribution is 5.91. The van der Waals surface area contributed by atoms with E-state index in [1.54, 1.807) is 18.2 Å². The highest BCUT2D eigenvalue weighted by Gasteiger charge is 2.30. The second-order valence-electron chi connectivity index (χ2n) is 8.55. The molecule has 0 bridgehead atoms. The zero-order valence-corrected chi connectivity index (χ0v) is 18.4. The number of non-ortho nitro benzene ring substituents is 1. The number of hydrogen-bond acceptors (Lipinski definition) is 5. The molecular formula is C24H28N4O4. The number of nitrogens with one attached hydrogen (secondary N) is 1. The van der Waals surface area contributed by atoms with E-state index in [9.17, 15) is 14.9 Å². The Labute approximate surface area is 187 Å². The number of carbonyl (C=O) groups excluding carboxylic acids is 1. The number of carbonyl (C=O) groups is 1. The van der Waals surface area contributed by atoms with Crippen molar-refractivity contribution in [3.63, 3.8) is 0 Å². The maximum Gasteiger partial charge on any atom is 0.286 e. The summed E-state index contributed by atoms with van der Waals surface area (Å²) in [4.78, 5) is 25.3. The molecule has 1 amide bonds. The Balaban J connectivity index is 1.52. The number of amides is 1. The summed E-state index contributed by atoms with van der Waals surface area (Å²) in [5, 5.41) is 14.0. The van der Waals surface area contributed by atoms with Crippen molar-refractivity contribution in [2.24, 2.45) is 5.92 Å². The third-order valence-electron chi connectivity index (χ3n) is 5.81. The van der Waals surface area contributed by atoms with Crippen molar-refractivity contribution < 1.29 is 14.1 Å². The minimum Gasteiger partial charge on any atom is -0.455 e. The molecule has 32 heavy (non-hydrogen) atoms. The number of aromatic nitrogens is 1. The number of benzene rings is 1. The summed E-state index contributed by atoms with van der Waals surface area (Å²) in [6.45, 7) is 7.03. The Morgan fingerprint density at radius 3 is 2.69 bits per heavy atom. The average Bonchev–Trinajstić information content (AvgIpc) is 3.43. The highest BCUT2D eigenvalue weighted by atomic mass is 16.6. The summed E-state index contributed by atoms with van der Waals surface area (Å²) >= 11 is 0. The number of fused-ring (bicyclic) bond motifs is 1. The smallest absolute Gasteiger partial charge is 0.286 e. The van der Waals surface area contributed by atoms with Crippen molar-refractivity contribution in [3.8, 4) is 0 Å². The molecule has 3 aromatic rings. The van der Waals surface area contributed by atoms with Crippen molar-refractivity contribution in [2.75, 3.05) is 13.1 Å². The zero-order chi connectivity index (χ0) is 22.7. The first-order valence-electron chi connectivity index (χ1n) is 10.9. The van der Waals surface area contributed by atoms with Crippen molar-refractivity contribution in [1.82, 2.24) is 14.8 Å². The fraction of sp³-hybridized carbons (Fsp3) is 0.375. The van der Waals surface area contributed by atoms with Crippen LogP contribution in [-0.4, -0.2) is 33.4 Å². The molecule has 1 aliphatic rings. The van der Waals surface area contributed by atoms with E-state index in [4.69, 9.17) is 4.42 Å². The lowest BCUT2D eigenvalue weighted by molar-refractivity contribution is -0.384. The zero-order valence-electron chi connectivity index (χ0n) is 18.4. The summed E-state index contributed by atoms with van der Waals surface area (Å²) in [5.41, 5.74) is 2.18. The molecular weight excluding hydrogens is 408 g/mol. The molecule has 2 aromatic heterocycles. The van der Waals surface area contributed by atoms with Crippen molar-refractivity contribution in [1.29, 1.82) is 0 Å². The van der Waals surface area contributed by atoms with Crippen LogP contribution < -0.4 is 5.32 Å². The Bertz CT molecular complexity index is 1080. The number of nitrogens with zero attached hydrogens (tertiary/aromatic N) is 3. The van der Waals surface area contributed by atoms with Crippen LogP contribution in [0, 0.1) is 16.0 Å². The third-order valence-corrected chi connectivity index (χ3v) is 5.81. The summed E-state index contributed by atoms with van der Waals surface area (Å²) in [6, 6.07) is 14.3. The predicted octanol–water partition coefficient (Wildman–Crippen LogP) is 4.37. The first kappa shape index (κ1) is 21.8. The van der Waals surface area contributed by atoms with Crippen LogP contribution in [0.5, 0.6) is 0 Å². The maximum absolute atomic E-state index is 12.4. The van der Waals surface area contributed by atoms with Gasteiger partial charge in [-0.3, -0.25) is 19.8 Å². The van der Waals surface area contributed by atoms with Gasteiger partial charge in [-0.25, -0.2) is 0 Å². The van der Waals surface area contributed by atoms with Crippen LogP contribution in [0.2, 0.25) is 0 Å². The van der Waals surface area contributed by atoms with Crippen LogP contribution in [0.1, 0.15) is 53.9 Å². The van der Waals surface area contributed by atoms with Crippen molar-refractivity contribution >= 4 is 11.6 Å². The number of hydrogen-bond donors (Lipinski definition) is 1. The van der Waals surface area contributed by atoms with Gasteiger partial charge in [0.1, 0.15) is 5.76 Å². The molecule has 0 saturated heterocycles. The van der Waals surface area contributed by atoms with Crippen LogP contribution >= 0.6 is 0 Å². The van der Waals surface area contributed by atoms with Crippen LogP contribution in [0.25, 0.3) is 0 Å². The first-order valence-corrected chi connectivity index (χ1v) is 10.9. The largest absolute Gasteiger partial charge is 0.455 e. The molecule has 8 nitrogen and oxygen atoms in total. The van der Waals surface area contributed by atoms with Crippen molar-refractivity contribution in [2.45, 2.75) is 39.4 Å². The molecule has 1 aliphatic heterocycles. The van der Waals surface area contributed by atoms with E-state index in [-0.39, 0.29) is 22.6 Å². The summed E-state index contributed by atoms with van der Waals surface area (Å²) < 4.78 is 8.07. The quantitative estimate of drug-likeness (QED) is 0.418. The fourth-order valence-electron chi connectivity index (χ4n) is 4.11. The Morgan fingerprint density at radius 1 is 1.19 bits per heavy atom. The minimum atomic E-state index is -0.387. The molecule has 0 radical (unpaired) electrons. The minimum absolute atomic E-state index is 0.0621. The standard InChI is InChI=1S/C24H28N4O4/c1-17(2)11-12-25-24(29)22-10-9-20(32-22)16-27-15-14-26-13-3-4-21(26)23(27)18-5-7-19(8-6-18)28(30)31/h3-10,13,17,23H,11-12,14-16H2,1-2H3,(H,25,29). The summed E-state index contributed by atoms with van der Waals surface area (Å²) in [5.74, 6) is 1.36. The molecule has 0 saturated carbocycles. The van der Waals surface area contributed by atoms with Gasteiger partial charge in [0.25, 0.3) is 11.6 Å². The van der Waals surface area contributed by atoms with Gasteiger partial charge in [-0.05, 0) is 42.2 Å². The van der Waals surface area contributed by atoms with Gasteiger partial charge >= 0.3 is 0 Å². The van der Waals surface area contributed by atoms with Crippen molar-refractivity contribution in [3.05, 3.63) is 87.6 Å². The number of furan rings is 1. The van der Waals surface area contributed by atoms with Crippen LogP contribution in [0.4, 0.5) is 5.69 Å². The van der Waals surface area contributed by atoms with E-state index in [0.29, 0.717) is 30.5 Å². The van der Waals surface area contributed by atoms with E-state index >= 15 is 0 Å². The Kier molecular flexibility index (Phi) is 6.41. The molecule has 1 atom stereocenters. The van der Waals surface area contributed by atoms with Gasteiger partial charge in [-0.1, -0.05) is 26.0 Å². The normalized spacial score (nSPS) is 16.2. The van der Waals surface area contributed by atoms with Gasteiger partial charge in [0, 0.05) is 43.7 Å². The topological polar surface area (TPSA) is 93.5 Å². The Morgan fingerprint density at radius 2 is 1.97 bits per heavy atom. The monoisotopic (exact) mass is 436 g/mol. The van der Waals surface area contributed by atoms with Gasteiger partial charge in [0.2, 0.25) is 0 Å². The number of rotatable bonds is 8. The maximum atomic E-state index is 12.4. The lowest BCUT2D eigenvalue weighted by atomic mass is 9.99. The third kappa shape index (κ3) is 4.75. The molecule has 168 valence electrons. The molecule has 4 rings (SSSR count).